The topological polar surface area (TPSA) is 69.7 Å². The van der Waals surface area contributed by atoms with Gasteiger partial charge in [-0.1, -0.05) is 24.3 Å². The fourth-order valence-electron chi connectivity index (χ4n) is 3.16. The van der Waals surface area contributed by atoms with E-state index in [4.69, 9.17) is 0 Å². The van der Waals surface area contributed by atoms with Crippen molar-refractivity contribution in [3.8, 4) is 0 Å². The van der Waals surface area contributed by atoms with Gasteiger partial charge >= 0.3 is 0 Å². The molecular weight excluding hydrogens is 374 g/mol. The second-order valence-electron chi connectivity index (χ2n) is 6.98. The van der Waals surface area contributed by atoms with E-state index in [-0.39, 0.29) is 5.91 Å². The molecule has 0 saturated carbocycles. The van der Waals surface area contributed by atoms with Crippen molar-refractivity contribution in [3.63, 3.8) is 0 Å². The zero-order valence-electron chi connectivity index (χ0n) is 16.1. The maximum absolute atomic E-state index is 12.5. The highest BCUT2D eigenvalue weighted by Gasteiger charge is 2.19. The quantitative estimate of drug-likeness (QED) is 0.785. The van der Waals surface area contributed by atoms with Crippen LogP contribution in [0.25, 0.3) is 6.08 Å². The molecule has 6 nitrogen and oxygen atoms in total. The van der Waals surface area contributed by atoms with Gasteiger partial charge in [0, 0.05) is 43.6 Å². The smallest absolute Gasteiger partial charge is 0.246 e. The van der Waals surface area contributed by atoms with Crippen LogP contribution in [0.2, 0.25) is 0 Å². The summed E-state index contributed by atoms with van der Waals surface area (Å²) in [5.74, 6) is -0.0118. The molecule has 0 bridgehead atoms. The molecule has 1 aliphatic rings. The molecule has 1 fully saturated rings. The van der Waals surface area contributed by atoms with Gasteiger partial charge in [0.2, 0.25) is 15.9 Å². The van der Waals surface area contributed by atoms with Crippen LogP contribution < -0.4 is 9.62 Å². The summed E-state index contributed by atoms with van der Waals surface area (Å²) < 4.78 is 24.9. The first-order valence-electron chi connectivity index (χ1n) is 9.17. The van der Waals surface area contributed by atoms with Gasteiger partial charge < -0.3 is 9.80 Å². The molecule has 1 amide bonds. The molecule has 28 heavy (non-hydrogen) atoms. The van der Waals surface area contributed by atoms with Gasteiger partial charge in [-0.2, -0.15) is 0 Å². The Kier molecular flexibility index (Phi) is 6.04. The number of amides is 1. The summed E-state index contributed by atoms with van der Waals surface area (Å²) in [6.07, 6.45) is 4.43. The molecule has 7 heteroatoms. The number of carbonyl (C=O) groups is 1. The molecule has 0 aromatic heterocycles. The first-order valence-corrected chi connectivity index (χ1v) is 11.1. The Morgan fingerprint density at radius 1 is 1.04 bits per heavy atom. The largest absolute Gasteiger partial charge is 0.368 e. The van der Waals surface area contributed by atoms with Crippen LogP contribution in [0.1, 0.15) is 11.1 Å². The van der Waals surface area contributed by atoms with E-state index in [9.17, 15) is 13.2 Å². The van der Waals surface area contributed by atoms with Crippen LogP contribution in [-0.4, -0.2) is 51.7 Å². The Hall–Kier alpha value is -2.80. The minimum atomic E-state index is -3.29. The van der Waals surface area contributed by atoms with Gasteiger partial charge in [0.1, 0.15) is 0 Å². The van der Waals surface area contributed by atoms with E-state index in [0.29, 0.717) is 18.8 Å². The molecule has 148 valence electrons. The fraction of sp³-hybridized carbons (Fsp3) is 0.286. The number of nitrogens with one attached hydrogen (secondary N) is 1. The molecule has 0 unspecified atom stereocenters. The first kappa shape index (κ1) is 19.9. The fourth-order valence-corrected chi connectivity index (χ4v) is 3.72. The van der Waals surface area contributed by atoms with Crippen LogP contribution in [0.3, 0.4) is 0 Å². The molecule has 0 spiro atoms. The molecule has 0 radical (unpaired) electrons. The van der Waals surface area contributed by atoms with Gasteiger partial charge in [0.25, 0.3) is 0 Å². The van der Waals surface area contributed by atoms with Crippen LogP contribution in [0.4, 0.5) is 11.4 Å². The Balaban J connectivity index is 1.54. The molecule has 1 N–H and O–H groups in total. The highest BCUT2D eigenvalue weighted by molar-refractivity contribution is 7.92. The highest BCUT2D eigenvalue weighted by Crippen LogP contribution is 2.18. The summed E-state index contributed by atoms with van der Waals surface area (Å²) >= 11 is 0. The van der Waals surface area contributed by atoms with Gasteiger partial charge in [-0.3, -0.25) is 9.52 Å². The maximum Gasteiger partial charge on any atom is 0.246 e. The van der Waals surface area contributed by atoms with E-state index in [1.807, 2.05) is 4.90 Å². The summed E-state index contributed by atoms with van der Waals surface area (Å²) in [4.78, 5) is 16.6. The van der Waals surface area contributed by atoms with Crippen molar-refractivity contribution in [2.24, 2.45) is 0 Å². The lowest BCUT2D eigenvalue weighted by Gasteiger charge is -2.35. The monoisotopic (exact) mass is 399 g/mol. The Bertz CT molecular complexity index is 961. The third-order valence-electron chi connectivity index (χ3n) is 4.59. The predicted octanol–water partition coefficient (Wildman–Crippen LogP) is 2.73. The lowest BCUT2D eigenvalue weighted by molar-refractivity contribution is -0.126. The number of hydrogen-bond acceptors (Lipinski definition) is 4. The second kappa shape index (κ2) is 8.48. The van der Waals surface area contributed by atoms with Crippen molar-refractivity contribution >= 4 is 33.4 Å². The number of nitrogens with zero attached hydrogens (tertiary/aromatic N) is 2. The van der Waals surface area contributed by atoms with Crippen molar-refractivity contribution in [1.82, 2.24) is 4.90 Å². The highest BCUT2D eigenvalue weighted by atomic mass is 32.2. The third-order valence-corrected chi connectivity index (χ3v) is 5.20. The standard InChI is InChI=1S/C21H25N3O3S/c1-17-4-3-5-20(16-17)23-12-14-24(15-13-23)21(25)11-8-18-6-9-19(10-7-18)22-28(2,26)27/h3-11,16,22H,12-15H2,1-2H3/b11-8+. The molecule has 2 aromatic rings. The van der Waals surface area contributed by atoms with Crippen molar-refractivity contribution in [1.29, 1.82) is 0 Å². The molecule has 1 aliphatic heterocycles. The number of benzene rings is 2. The van der Waals surface area contributed by atoms with Crippen molar-refractivity contribution in [3.05, 3.63) is 65.7 Å². The minimum Gasteiger partial charge on any atom is -0.368 e. The molecule has 1 saturated heterocycles. The number of piperazine rings is 1. The van der Waals surface area contributed by atoms with Gasteiger partial charge in [-0.25, -0.2) is 8.42 Å². The van der Waals surface area contributed by atoms with E-state index >= 15 is 0 Å². The molecule has 3 rings (SSSR count). The number of sulfonamides is 1. The third kappa shape index (κ3) is 5.60. The number of anilines is 2. The summed E-state index contributed by atoms with van der Waals surface area (Å²) in [5, 5.41) is 0. The van der Waals surface area contributed by atoms with Crippen molar-refractivity contribution in [2.75, 3.05) is 42.1 Å². The van der Waals surface area contributed by atoms with Crippen molar-refractivity contribution in [2.45, 2.75) is 6.92 Å². The lowest BCUT2D eigenvalue weighted by Crippen LogP contribution is -2.48. The first-order chi connectivity index (χ1) is 13.3. The predicted molar refractivity (Wildman–Crippen MR) is 114 cm³/mol. The molecule has 0 aliphatic carbocycles. The minimum absolute atomic E-state index is 0.0118. The van der Waals surface area contributed by atoms with Crippen LogP contribution in [0.5, 0.6) is 0 Å². The molecule has 0 atom stereocenters. The van der Waals surface area contributed by atoms with Crippen LogP contribution >= 0.6 is 0 Å². The number of hydrogen-bond donors (Lipinski definition) is 1. The van der Waals surface area contributed by atoms with E-state index in [2.05, 4.69) is 40.8 Å². The average Bonchev–Trinajstić information content (AvgIpc) is 2.66. The van der Waals surface area contributed by atoms with Crippen LogP contribution in [0, 0.1) is 6.92 Å². The Morgan fingerprint density at radius 2 is 1.71 bits per heavy atom. The van der Waals surface area contributed by atoms with Gasteiger partial charge in [-0.05, 0) is 48.4 Å². The Morgan fingerprint density at radius 3 is 2.32 bits per heavy atom. The second-order valence-corrected chi connectivity index (χ2v) is 8.73. The normalized spacial score (nSPS) is 15.1. The van der Waals surface area contributed by atoms with Gasteiger partial charge in [0.05, 0.1) is 6.26 Å². The van der Waals surface area contributed by atoms with Crippen LogP contribution in [-0.2, 0) is 14.8 Å². The number of aryl methyl sites for hydroxylation is 1. The summed E-state index contributed by atoms with van der Waals surface area (Å²) in [5.41, 5.74) is 3.77. The molecule has 2 aromatic carbocycles. The van der Waals surface area contributed by atoms with Crippen molar-refractivity contribution < 1.29 is 13.2 Å². The van der Waals surface area contributed by atoms with Gasteiger partial charge in [0.15, 0.2) is 0 Å². The van der Waals surface area contributed by atoms with E-state index in [0.717, 1.165) is 24.9 Å². The summed E-state index contributed by atoms with van der Waals surface area (Å²) in [6, 6.07) is 15.3. The Labute approximate surface area is 166 Å². The van der Waals surface area contributed by atoms with E-state index in [1.54, 1.807) is 36.4 Å². The number of rotatable bonds is 5. The maximum atomic E-state index is 12.5. The lowest BCUT2D eigenvalue weighted by atomic mass is 10.1. The zero-order valence-corrected chi connectivity index (χ0v) is 16.9. The van der Waals surface area contributed by atoms with Gasteiger partial charge in [-0.15, -0.1) is 0 Å². The van der Waals surface area contributed by atoms with Crippen LogP contribution in [0.15, 0.2) is 54.6 Å². The SMILES string of the molecule is Cc1cccc(N2CCN(C(=O)/C=C/c3ccc(NS(C)(=O)=O)cc3)CC2)c1. The van der Waals surface area contributed by atoms with E-state index in [1.165, 1.54) is 11.3 Å². The summed E-state index contributed by atoms with van der Waals surface area (Å²) in [7, 11) is -3.29. The molecular formula is C21H25N3O3S. The van der Waals surface area contributed by atoms with E-state index < -0.39 is 10.0 Å². The zero-order chi connectivity index (χ0) is 20.1. The number of carbonyl (C=O) groups excluding carboxylic acids is 1. The summed E-state index contributed by atoms with van der Waals surface area (Å²) in [6.45, 7) is 5.09. The average molecular weight is 400 g/mol. The molecule has 1 heterocycles.